The molecule has 140 valence electrons. The molecule has 3 N–H and O–H groups in total. The maximum Gasteiger partial charge on any atom is 0.318 e. The molecule has 2 rings (SSSR count). The average molecular weight is 376 g/mol. The van der Waals surface area contributed by atoms with Crippen LogP contribution in [0.3, 0.4) is 0 Å². The topological polar surface area (TPSA) is 107 Å². The third kappa shape index (κ3) is 4.63. The summed E-state index contributed by atoms with van der Waals surface area (Å²) < 4.78 is 1.61. The van der Waals surface area contributed by atoms with Crippen LogP contribution >= 0.6 is 11.8 Å². The van der Waals surface area contributed by atoms with Crippen molar-refractivity contribution >= 4 is 34.6 Å². The highest BCUT2D eigenvalue weighted by Crippen LogP contribution is 2.28. The Morgan fingerprint density at radius 3 is 2.62 bits per heavy atom. The molecule has 0 spiro atoms. The van der Waals surface area contributed by atoms with Crippen LogP contribution < -0.4 is 16.6 Å². The second-order valence-electron chi connectivity index (χ2n) is 6.36. The number of thioether (sulfide) groups is 1. The first-order chi connectivity index (χ1) is 12.3. The summed E-state index contributed by atoms with van der Waals surface area (Å²) in [4.78, 5) is 40.9. The number of imide groups is 1. The molecular formula is C18H24N4O3S. The molecule has 0 saturated carbocycles. The number of nitrogens with two attached hydrogens (primary N) is 1. The molecule has 1 aromatic carbocycles. The van der Waals surface area contributed by atoms with Crippen molar-refractivity contribution in [3.05, 3.63) is 34.6 Å². The number of primary amides is 1. The van der Waals surface area contributed by atoms with Crippen molar-refractivity contribution in [1.29, 1.82) is 0 Å². The van der Waals surface area contributed by atoms with Crippen LogP contribution in [0.2, 0.25) is 0 Å². The summed E-state index contributed by atoms with van der Waals surface area (Å²) in [6.07, 6.45) is 1.76. The summed E-state index contributed by atoms with van der Waals surface area (Å²) in [5, 5.41) is 2.55. The molecule has 1 unspecified atom stereocenters. The number of para-hydroxylation sites is 1. The molecule has 0 aliphatic carbocycles. The molecule has 1 atom stereocenters. The summed E-state index contributed by atoms with van der Waals surface area (Å²) in [5.74, 6) is -0.565. The summed E-state index contributed by atoms with van der Waals surface area (Å²) in [7, 11) is 0. The zero-order chi connectivity index (χ0) is 19.3. The Hall–Kier alpha value is -2.35. The van der Waals surface area contributed by atoms with Gasteiger partial charge in [0.2, 0.25) is 5.91 Å². The van der Waals surface area contributed by atoms with E-state index in [4.69, 9.17) is 5.73 Å². The third-order valence-electron chi connectivity index (χ3n) is 3.90. The van der Waals surface area contributed by atoms with Crippen LogP contribution in [0.5, 0.6) is 0 Å². The molecule has 0 fully saturated rings. The Morgan fingerprint density at radius 1 is 1.31 bits per heavy atom. The van der Waals surface area contributed by atoms with E-state index in [0.717, 1.165) is 12.8 Å². The van der Waals surface area contributed by atoms with Crippen molar-refractivity contribution in [1.82, 2.24) is 14.9 Å². The van der Waals surface area contributed by atoms with Gasteiger partial charge in [-0.3, -0.25) is 19.5 Å². The van der Waals surface area contributed by atoms with E-state index in [9.17, 15) is 14.4 Å². The van der Waals surface area contributed by atoms with Gasteiger partial charge in [-0.1, -0.05) is 51.1 Å². The molecule has 2 aromatic rings. The average Bonchev–Trinajstić information content (AvgIpc) is 2.58. The number of urea groups is 1. The molecule has 0 bridgehead atoms. The molecule has 0 aliphatic heterocycles. The van der Waals surface area contributed by atoms with E-state index in [2.05, 4.69) is 10.3 Å². The van der Waals surface area contributed by atoms with E-state index in [1.54, 1.807) is 22.8 Å². The Labute approximate surface area is 156 Å². The van der Waals surface area contributed by atoms with E-state index >= 15 is 0 Å². The van der Waals surface area contributed by atoms with Gasteiger partial charge in [0.25, 0.3) is 5.56 Å². The van der Waals surface area contributed by atoms with Gasteiger partial charge in [0.05, 0.1) is 16.2 Å². The molecule has 8 heteroatoms. The van der Waals surface area contributed by atoms with Gasteiger partial charge in [-0.2, -0.15) is 0 Å². The number of carbonyl (C=O) groups excluding carboxylic acids is 2. The number of hydrogen-bond donors (Lipinski definition) is 2. The lowest BCUT2D eigenvalue weighted by Crippen LogP contribution is -2.42. The molecule has 0 saturated heterocycles. The first-order valence-electron chi connectivity index (χ1n) is 8.61. The van der Waals surface area contributed by atoms with Crippen molar-refractivity contribution < 1.29 is 9.59 Å². The number of unbranched alkanes of at least 4 members (excludes halogenated alkanes) is 1. The first-order valence-corrected chi connectivity index (χ1v) is 9.49. The standard InChI is InChI=1S/C18H24N4O3S/c1-4-5-10-22-16(24)12-8-6-7-9-13(12)20-18(22)26-14(11(2)3)15(23)21-17(19)25/h6-9,11,14H,4-5,10H2,1-3H3,(H3,19,21,23,25). The van der Waals surface area contributed by atoms with E-state index in [0.29, 0.717) is 22.6 Å². The van der Waals surface area contributed by atoms with Crippen molar-refractivity contribution in [2.45, 2.75) is 50.6 Å². The molecule has 0 radical (unpaired) electrons. The highest BCUT2D eigenvalue weighted by Gasteiger charge is 2.27. The zero-order valence-corrected chi connectivity index (χ0v) is 16.0. The molecule has 1 aromatic heterocycles. The van der Waals surface area contributed by atoms with Gasteiger partial charge in [-0.05, 0) is 24.5 Å². The number of carbonyl (C=O) groups is 2. The van der Waals surface area contributed by atoms with Gasteiger partial charge in [-0.15, -0.1) is 0 Å². The number of benzene rings is 1. The second kappa shape index (κ2) is 8.84. The molecule has 1 heterocycles. The van der Waals surface area contributed by atoms with E-state index in [1.807, 2.05) is 26.8 Å². The van der Waals surface area contributed by atoms with Crippen LogP contribution in [0, 0.1) is 5.92 Å². The molecule has 26 heavy (non-hydrogen) atoms. The highest BCUT2D eigenvalue weighted by molar-refractivity contribution is 8.00. The summed E-state index contributed by atoms with van der Waals surface area (Å²) >= 11 is 1.19. The maximum absolute atomic E-state index is 12.9. The smallest absolute Gasteiger partial charge is 0.318 e. The fourth-order valence-electron chi connectivity index (χ4n) is 2.55. The van der Waals surface area contributed by atoms with Crippen molar-refractivity contribution in [2.24, 2.45) is 11.7 Å². The van der Waals surface area contributed by atoms with Gasteiger partial charge in [0.1, 0.15) is 0 Å². The lowest BCUT2D eigenvalue weighted by atomic mass is 10.1. The normalized spacial score (nSPS) is 12.3. The summed E-state index contributed by atoms with van der Waals surface area (Å²) in [6, 6.07) is 6.26. The largest absolute Gasteiger partial charge is 0.351 e. The van der Waals surface area contributed by atoms with Crippen LogP contribution in [-0.4, -0.2) is 26.7 Å². The van der Waals surface area contributed by atoms with Crippen LogP contribution in [0.1, 0.15) is 33.6 Å². The third-order valence-corrected chi connectivity index (χ3v) is 5.44. The van der Waals surface area contributed by atoms with Crippen LogP contribution in [0.25, 0.3) is 10.9 Å². The summed E-state index contributed by atoms with van der Waals surface area (Å²) in [6.45, 7) is 6.31. The Morgan fingerprint density at radius 2 is 2.00 bits per heavy atom. The number of fused-ring (bicyclic) bond motifs is 1. The Kier molecular flexibility index (Phi) is 6.79. The van der Waals surface area contributed by atoms with Gasteiger partial charge >= 0.3 is 6.03 Å². The molecule has 7 nitrogen and oxygen atoms in total. The minimum atomic E-state index is -0.893. The number of nitrogens with zero attached hydrogens (tertiary/aromatic N) is 2. The molecule has 3 amide bonds. The Balaban J connectivity index is 2.49. The van der Waals surface area contributed by atoms with E-state index in [1.165, 1.54) is 11.8 Å². The number of hydrogen-bond acceptors (Lipinski definition) is 5. The minimum absolute atomic E-state index is 0.0812. The number of amides is 3. The SMILES string of the molecule is CCCCn1c(SC(C(=O)NC(N)=O)C(C)C)nc2ccccc2c1=O. The maximum atomic E-state index is 12.9. The highest BCUT2D eigenvalue weighted by atomic mass is 32.2. The predicted molar refractivity (Wildman–Crippen MR) is 103 cm³/mol. The predicted octanol–water partition coefficient (Wildman–Crippen LogP) is 2.51. The second-order valence-corrected chi connectivity index (χ2v) is 7.47. The molecule has 0 aliphatic rings. The zero-order valence-electron chi connectivity index (χ0n) is 15.2. The van der Waals surface area contributed by atoms with E-state index in [-0.39, 0.29) is 11.5 Å². The van der Waals surface area contributed by atoms with Crippen molar-refractivity contribution in [3.8, 4) is 0 Å². The van der Waals surface area contributed by atoms with Gasteiger partial charge < -0.3 is 5.73 Å². The quantitative estimate of drug-likeness (QED) is 0.570. The number of rotatable bonds is 7. The van der Waals surface area contributed by atoms with Crippen LogP contribution in [0.4, 0.5) is 4.79 Å². The summed E-state index contributed by atoms with van der Waals surface area (Å²) in [5.41, 5.74) is 5.54. The first kappa shape index (κ1) is 20.0. The van der Waals surface area contributed by atoms with Crippen LogP contribution in [0.15, 0.2) is 34.2 Å². The monoisotopic (exact) mass is 376 g/mol. The Bertz CT molecular complexity index is 863. The number of aromatic nitrogens is 2. The molecular weight excluding hydrogens is 352 g/mol. The van der Waals surface area contributed by atoms with Gasteiger partial charge in [0.15, 0.2) is 5.16 Å². The van der Waals surface area contributed by atoms with E-state index < -0.39 is 17.2 Å². The minimum Gasteiger partial charge on any atom is -0.351 e. The lowest BCUT2D eigenvalue weighted by Gasteiger charge is -2.20. The van der Waals surface area contributed by atoms with Gasteiger partial charge in [0, 0.05) is 6.54 Å². The van der Waals surface area contributed by atoms with Crippen LogP contribution in [-0.2, 0) is 11.3 Å². The number of nitrogens with one attached hydrogen (secondary N) is 1. The van der Waals surface area contributed by atoms with Crippen molar-refractivity contribution in [2.75, 3.05) is 0 Å². The fourth-order valence-corrected chi connectivity index (χ4v) is 3.67. The fraction of sp³-hybridized carbons (Fsp3) is 0.444. The lowest BCUT2D eigenvalue weighted by molar-refractivity contribution is -0.120. The van der Waals surface area contributed by atoms with Gasteiger partial charge in [-0.25, -0.2) is 9.78 Å². The van der Waals surface area contributed by atoms with Crippen molar-refractivity contribution in [3.63, 3.8) is 0 Å².